The zero-order chi connectivity index (χ0) is 18.0. The SMILES string of the molecule is N#CC1(F)CCN(Cc2cn(-c3ccccc3)nc2-c2ccccc2)C1. The van der Waals surface area contributed by atoms with Crippen LogP contribution in [0.5, 0.6) is 0 Å². The Bertz CT molecular complexity index is 930. The van der Waals surface area contributed by atoms with Gasteiger partial charge >= 0.3 is 0 Å². The van der Waals surface area contributed by atoms with Crippen LogP contribution in [0, 0.1) is 11.3 Å². The van der Waals surface area contributed by atoms with Crippen LogP contribution in [0.2, 0.25) is 0 Å². The van der Waals surface area contributed by atoms with E-state index in [4.69, 9.17) is 10.4 Å². The van der Waals surface area contributed by atoms with E-state index in [1.54, 1.807) is 6.07 Å². The highest BCUT2D eigenvalue weighted by Crippen LogP contribution is 2.29. The van der Waals surface area contributed by atoms with Gasteiger partial charge in [0.25, 0.3) is 0 Å². The summed E-state index contributed by atoms with van der Waals surface area (Å²) in [4.78, 5) is 1.99. The van der Waals surface area contributed by atoms with Crippen LogP contribution in [0.1, 0.15) is 12.0 Å². The van der Waals surface area contributed by atoms with Gasteiger partial charge in [-0.25, -0.2) is 9.07 Å². The lowest BCUT2D eigenvalue weighted by atomic mass is 10.1. The van der Waals surface area contributed by atoms with Crippen molar-refractivity contribution in [2.75, 3.05) is 13.1 Å². The lowest BCUT2D eigenvalue weighted by Crippen LogP contribution is -2.27. The predicted molar refractivity (Wildman–Crippen MR) is 98.3 cm³/mol. The first kappa shape index (κ1) is 16.5. The smallest absolute Gasteiger partial charge is 0.209 e. The van der Waals surface area contributed by atoms with Crippen LogP contribution in [-0.2, 0) is 6.54 Å². The van der Waals surface area contributed by atoms with E-state index in [0.717, 1.165) is 22.5 Å². The van der Waals surface area contributed by atoms with Crippen molar-refractivity contribution in [2.24, 2.45) is 0 Å². The van der Waals surface area contributed by atoms with Crippen LogP contribution in [0.25, 0.3) is 16.9 Å². The minimum atomic E-state index is -1.73. The summed E-state index contributed by atoms with van der Waals surface area (Å²) in [5, 5.41) is 13.8. The largest absolute Gasteiger partial charge is 0.295 e. The average molecular weight is 346 g/mol. The highest BCUT2D eigenvalue weighted by molar-refractivity contribution is 5.63. The van der Waals surface area contributed by atoms with Crippen molar-refractivity contribution < 1.29 is 4.39 Å². The Morgan fingerprint density at radius 2 is 1.77 bits per heavy atom. The fraction of sp³-hybridized carbons (Fsp3) is 0.238. The normalized spacial score (nSPS) is 20.2. The second-order valence-electron chi connectivity index (χ2n) is 6.69. The second kappa shape index (κ2) is 6.74. The summed E-state index contributed by atoms with van der Waals surface area (Å²) in [6.45, 7) is 1.30. The van der Waals surface area contributed by atoms with Crippen molar-refractivity contribution in [1.82, 2.24) is 14.7 Å². The summed E-state index contributed by atoms with van der Waals surface area (Å²) in [5.41, 5.74) is 2.20. The topological polar surface area (TPSA) is 44.9 Å². The molecule has 1 unspecified atom stereocenters. The van der Waals surface area contributed by atoms with E-state index >= 15 is 0 Å². The van der Waals surface area contributed by atoms with E-state index in [2.05, 4.69) is 0 Å². The maximum absolute atomic E-state index is 14.3. The molecule has 4 nitrogen and oxygen atoms in total. The lowest BCUT2D eigenvalue weighted by Gasteiger charge is -2.15. The maximum atomic E-state index is 14.3. The number of hydrogen-bond donors (Lipinski definition) is 0. The van der Waals surface area contributed by atoms with Crippen molar-refractivity contribution in [3.63, 3.8) is 0 Å². The molecule has 0 spiro atoms. The first-order valence-corrected chi connectivity index (χ1v) is 8.69. The number of alkyl halides is 1. The Kier molecular flexibility index (Phi) is 4.27. The molecule has 5 heteroatoms. The summed E-state index contributed by atoms with van der Waals surface area (Å²) in [7, 11) is 0. The van der Waals surface area contributed by atoms with Crippen LogP contribution in [0.15, 0.2) is 66.9 Å². The number of hydrogen-bond acceptors (Lipinski definition) is 3. The zero-order valence-corrected chi connectivity index (χ0v) is 14.3. The lowest BCUT2D eigenvalue weighted by molar-refractivity contribution is 0.225. The number of halogens is 1. The number of nitrogens with zero attached hydrogens (tertiary/aromatic N) is 4. The molecule has 0 N–H and O–H groups in total. The van der Waals surface area contributed by atoms with Crippen molar-refractivity contribution in [3.8, 4) is 23.0 Å². The molecule has 2 aromatic carbocycles. The third-order valence-corrected chi connectivity index (χ3v) is 4.75. The maximum Gasteiger partial charge on any atom is 0.209 e. The molecule has 3 aromatic rings. The van der Waals surface area contributed by atoms with Gasteiger partial charge in [0.2, 0.25) is 5.67 Å². The standard InChI is InChI=1S/C21H19FN4/c22-21(15-23)11-12-25(16-21)13-18-14-26(19-9-5-2-6-10-19)24-20(18)17-7-3-1-4-8-17/h1-10,14H,11-13,16H2. The van der Waals surface area contributed by atoms with E-state index in [-0.39, 0.29) is 13.0 Å². The molecule has 0 amide bonds. The van der Waals surface area contributed by atoms with E-state index in [1.165, 1.54) is 0 Å². The first-order valence-electron chi connectivity index (χ1n) is 8.69. The minimum Gasteiger partial charge on any atom is -0.295 e. The van der Waals surface area contributed by atoms with Crippen LogP contribution in [0.4, 0.5) is 4.39 Å². The molecular weight excluding hydrogens is 327 g/mol. The highest BCUT2D eigenvalue weighted by atomic mass is 19.1. The molecule has 1 aliphatic heterocycles. The third-order valence-electron chi connectivity index (χ3n) is 4.75. The minimum absolute atomic E-state index is 0.147. The van der Waals surface area contributed by atoms with Crippen molar-refractivity contribution in [1.29, 1.82) is 5.26 Å². The summed E-state index contributed by atoms with van der Waals surface area (Å²) in [6.07, 6.45) is 2.26. The fourth-order valence-electron chi connectivity index (χ4n) is 3.39. The molecule has 130 valence electrons. The van der Waals surface area contributed by atoms with Gasteiger partial charge in [-0.3, -0.25) is 4.90 Å². The Morgan fingerprint density at radius 1 is 1.08 bits per heavy atom. The molecule has 1 atom stereocenters. The van der Waals surface area contributed by atoms with E-state index in [9.17, 15) is 4.39 Å². The Balaban J connectivity index is 1.69. The monoisotopic (exact) mass is 346 g/mol. The number of para-hydroxylation sites is 1. The molecule has 0 bridgehead atoms. The van der Waals surface area contributed by atoms with Gasteiger partial charge in [0.05, 0.1) is 11.4 Å². The van der Waals surface area contributed by atoms with Crippen molar-refractivity contribution in [2.45, 2.75) is 18.6 Å². The molecule has 1 saturated heterocycles. The van der Waals surface area contributed by atoms with Gasteiger partial charge in [-0.2, -0.15) is 10.4 Å². The van der Waals surface area contributed by atoms with Gasteiger partial charge in [0.1, 0.15) is 6.07 Å². The van der Waals surface area contributed by atoms with Crippen LogP contribution < -0.4 is 0 Å². The van der Waals surface area contributed by atoms with E-state index in [0.29, 0.717) is 13.1 Å². The summed E-state index contributed by atoms with van der Waals surface area (Å²) < 4.78 is 16.1. The molecule has 1 aliphatic rings. The second-order valence-corrected chi connectivity index (χ2v) is 6.69. The van der Waals surface area contributed by atoms with Gasteiger partial charge in [-0.1, -0.05) is 48.5 Å². The van der Waals surface area contributed by atoms with Gasteiger partial charge in [0, 0.05) is 43.4 Å². The summed E-state index contributed by atoms with van der Waals surface area (Å²) >= 11 is 0. The van der Waals surface area contributed by atoms with Gasteiger partial charge in [0.15, 0.2) is 0 Å². The quantitative estimate of drug-likeness (QED) is 0.718. The number of aromatic nitrogens is 2. The Morgan fingerprint density at radius 3 is 2.42 bits per heavy atom. The predicted octanol–water partition coefficient (Wildman–Crippen LogP) is 3.98. The molecule has 0 aliphatic carbocycles. The van der Waals surface area contributed by atoms with Crippen LogP contribution in [-0.4, -0.2) is 33.4 Å². The third kappa shape index (κ3) is 3.24. The van der Waals surface area contributed by atoms with Crippen LogP contribution >= 0.6 is 0 Å². The molecule has 1 fully saturated rings. The molecule has 4 rings (SSSR count). The average Bonchev–Trinajstić information content (AvgIpc) is 3.28. The molecule has 2 heterocycles. The zero-order valence-electron chi connectivity index (χ0n) is 14.3. The number of benzene rings is 2. The van der Waals surface area contributed by atoms with Gasteiger partial charge < -0.3 is 0 Å². The Labute approximate surface area is 152 Å². The fourth-order valence-corrected chi connectivity index (χ4v) is 3.39. The number of rotatable bonds is 4. The summed E-state index contributed by atoms with van der Waals surface area (Å²) in [5.74, 6) is 0. The molecule has 0 radical (unpaired) electrons. The number of likely N-dealkylation sites (tertiary alicyclic amines) is 1. The van der Waals surface area contributed by atoms with E-state index in [1.807, 2.05) is 76.4 Å². The molecule has 1 aromatic heterocycles. The molecule has 26 heavy (non-hydrogen) atoms. The van der Waals surface area contributed by atoms with Crippen molar-refractivity contribution in [3.05, 3.63) is 72.4 Å². The van der Waals surface area contributed by atoms with Gasteiger partial charge in [-0.15, -0.1) is 0 Å². The Hall–Kier alpha value is -2.97. The van der Waals surface area contributed by atoms with Crippen molar-refractivity contribution >= 4 is 0 Å². The molecular formula is C21H19FN4. The van der Waals surface area contributed by atoms with Gasteiger partial charge in [-0.05, 0) is 12.1 Å². The number of nitriles is 1. The summed E-state index contributed by atoms with van der Waals surface area (Å²) in [6, 6.07) is 21.7. The van der Waals surface area contributed by atoms with Crippen LogP contribution in [0.3, 0.4) is 0 Å². The highest BCUT2D eigenvalue weighted by Gasteiger charge is 2.38. The van der Waals surface area contributed by atoms with E-state index < -0.39 is 5.67 Å². The first-order chi connectivity index (χ1) is 12.7. The molecule has 0 saturated carbocycles.